The number of hydrogen-bond donors (Lipinski definition) is 2. The zero-order valence-corrected chi connectivity index (χ0v) is 14.3. The molecular weight excluding hydrogens is 312 g/mol. The number of amides is 2. The van der Waals surface area contributed by atoms with Gasteiger partial charge in [-0.1, -0.05) is 18.6 Å². The van der Waals surface area contributed by atoms with E-state index in [4.69, 9.17) is 4.74 Å². The van der Waals surface area contributed by atoms with Gasteiger partial charge in [0.25, 0.3) is 5.91 Å². The van der Waals surface area contributed by atoms with E-state index in [2.05, 4.69) is 10.6 Å². The van der Waals surface area contributed by atoms with Gasteiger partial charge in [0.15, 0.2) is 0 Å². The molecule has 1 saturated carbocycles. The van der Waals surface area contributed by atoms with Crippen molar-refractivity contribution in [3.63, 3.8) is 0 Å². The first-order valence-corrected chi connectivity index (χ1v) is 8.95. The van der Waals surface area contributed by atoms with E-state index in [1.54, 1.807) is 13.2 Å². The summed E-state index contributed by atoms with van der Waals surface area (Å²) in [6.45, 7) is 1.74. The van der Waals surface area contributed by atoms with Crippen LogP contribution in [0.5, 0.6) is 0 Å². The number of benzene rings is 1. The largest absolute Gasteiger partial charge is 0.383 e. The average Bonchev–Trinajstić information content (AvgIpc) is 2.52. The Kier molecular flexibility index (Phi) is 7.42. The summed E-state index contributed by atoms with van der Waals surface area (Å²) in [5.41, 5.74) is 0.640. The van der Waals surface area contributed by atoms with Gasteiger partial charge in [-0.3, -0.25) is 9.59 Å². The molecule has 1 fully saturated rings. The second kappa shape index (κ2) is 9.57. The van der Waals surface area contributed by atoms with Gasteiger partial charge in [0.2, 0.25) is 5.91 Å². The normalized spacial score (nSPS) is 14.1. The third-order valence-corrected chi connectivity index (χ3v) is 4.97. The van der Waals surface area contributed by atoms with Crippen LogP contribution in [0.2, 0.25) is 0 Å². The fourth-order valence-electron chi connectivity index (χ4n) is 2.30. The average molecular weight is 336 g/mol. The topological polar surface area (TPSA) is 67.4 Å². The van der Waals surface area contributed by atoms with Crippen molar-refractivity contribution in [2.75, 3.05) is 32.6 Å². The lowest BCUT2D eigenvalue weighted by molar-refractivity contribution is -0.118. The van der Waals surface area contributed by atoms with Gasteiger partial charge in [-0.2, -0.15) is 0 Å². The highest BCUT2D eigenvalue weighted by Crippen LogP contribution is 2.26. The molecule has 1 aliphatic rings. The molecule has 1 aromatic carbocycles. The lowest BCUT2D eigenvalue weighted by atomic mass is 9.85. The first kappa shape index (κ1) is 17.8. The Morgan fingerprint density at radius 3 is 2.74 bits per heavy atom. The van der Waals surface area contributed by atoms with Crippen LogP contribution in [0.25, 0.3) is 0 Å². The highest BCUT2D eigenvalue weighted by atomic mass is 32.2. The molecule has 0 heterocycles. The molecule has 2 rings (SSSR count). The third-order valence-electron chi connectivity index (χ3n) is 3.89. The van der Waals surface area contributed by atoms with Crippen LogP contribution in [-0.4, -0.2) is 44.4 Å². The van der Waals surface area contributed by atoms with Crippen molar-refractivity contribution < 1.29 is 14.3 Å². The van der Waals surface area contributed by atoms with Gasteiger partial charge < -0.3 is 15.4 Å². The smallest absolute Gasteiger partial charge is 0.252 e. The predicted molar refractivity (Wildman–Crippen MR) is 91.7 cm³/mol. The molecule has 0 radical (unpaired) electrons. The minimum atomic E-state index is -0.0586. The molecule has 23 heavy (non-hydrogen) atoms. The van der Waals surface area contributed by atoms with E-state index in [9.17, 15) is 9.59 Å². The SMILES string of the molecule is COCCNC(=O)CSc1ccccc1C(=O)NCC1CCC1. The fraction of sp³-hybridized carbons (Fsp3) is 0.529. The summed E-state index contributed by atoms with van der Waals surface area (Å²) >= 11 is 1.38. The van der Waals surface area contributed by atoms with Crippen LogP contribution in [0.1, 0.15) is 29.6 Å². The number of thioether (sulfide) groups is 1. The minimum Gasteiger partial charge on any atom is -0.383 e. The van der Waals surface area contributed by atoms with Gasteiger partial charge in [-0.25, -0.2) is 0 Å². The first-order chi connectivity index (χ1) is 11.2. The minimum absolute atomic E-state index is 0.0557. The summed E-state index contributed by atoms with van der Waals surface area (Å²) in [6, 6.07) is 7.42. The molecular formula is C17H24N2O3S. The van der Waals surface area contributed by atoms with E-state index in [1.165, 1.54) is 31.0 Å². The molecule has 6 heteroatoms. The molecule has 126 valence electrons. The van der Waals surface area contributed by atoms with Crippen LogP contribution < -0.4 is 10.6 Å². The zero-order chi connectivity index (χ0) is 16.5. The Morgan fingerprint density at radius 1 is 1.26 bits per heavy atom. The van der Waals surface area contributed by atoms with Gasteiger partial charge in [-0.15, -0.1) is 11.8 Å². The summed E-state index contributed by atoms with van der Waals surface area (Å²) < 4.78 is 4.89. The van der Waals surface area contributed by atoms with E-state index >= 15 is 0 Å². The monoisotopic (exact) mass is 336 g/mol. The molecule has 5 nitrogen and oxygen atoms in total. The number of ether oxygens (including phenoxy) is 1. The van der Waals surface area contributed by atoms with Crippen LogP contribution >= 0.6 is 11.8 Å². The second-order valence-corrected chi connectivity index (χ2v) is 6.65. The number of methoxy groups -OCH3 is 1. The number of rotatable bonds is 9. The van der Waals surface area contributed by atoms with Gasteiger partial charge in [0.1, 0.15) is 0 Å². The Bertz CT molecular complexity index is 532. The maximum Gasteiger partial charge on any atom is 0.252 e. The molecule has 0 aromatic heterocycles. The third kappa shape index (κ3) is 5.88. The van der Waals surface area contributed by atoms with Crippen LogP contribution in [0.3, 0.4) is 0 Å². The number of hydrogen-bond acceptors (Lipinski definition) is 4. The molecule has 0 aliphatic heterocycles. The molecule has 2 amide bonds. The summed E-state index contributed by atoms with van der Waals surface area (Å²) in [5, 5.41) is 5.77. The molecule has 0 spiro atoms. The summed E-state index contributed by atoms with van der Waals surface area (Å²) in [7, 11) is 1.60. The molecule has 1 aliphatic carbocycles. The molecule has 0 atom stereocenters. The first-order valence-electron chi connectivity index (χ1n) is 7.96. The van der Waals surface area contributed by atoms with E-state index in [1.807, 2.05) is 18.2 Å². The standard InChI is InChI=1S/C17H24N2O3S/c1-22-10-9-18-16(20)12-23-15-8-3-2-7-14(15)17(21)19-11-13-5-4-6-13/h2-3,7-8,13H,4-6,9-12H2,1H3,(H,18,20)(H,19,21). The van der Waals surface area contributed by atoms with E-state index in [-0.39, 0.29) is 17.6 Å². The highest BCUT2D eigenvalue weighted by Gasteiger charge is 2.19. The van der Waals surface area contributed by atoms with Gasteiger partial charge >= 0.3 is 0 Å². The molecule has 1 aromatic rings. The fourth-order valence-corrected chi connectivity index (χ4v) is 3.18. The molecule has 0 bridgehead atoms. The van der Waals surface area contributed by atoms with Crippen LogP contribution in [-0.2, 0) is 9.53 Å². The van der Waals surface area contributed by atoms with E-state index in [0.29, 0.717) is 24.6 Å². The number of carbonyl (C=O) groups excluding carboxylic acids is 2. The van der Waals surface area contributed by atoms with Crippen molar-refractivity contribution in [2.45, 2.75) is 24.2 Å². The summed E-state index contributed by atoms with van der Waals surface area (Å²) in [5.74, 6) is 0.804. The van der Waals surface area contributed by atoms with Crippen molar-refractivity contribution in [2.24, 2.45) is 5.92 Å². The van der Waals surface area contributed by atoms with Crippen LogP contribution in [0, 0.1) is 5.92 Å². The lowest BCUT2D eigenvalue weighted by Gasteiger charge is -2.25. The van der Waals surface area contributed by atoms with Crippen molar-refractivity contribution >= 4 is 23.6 Å². The summed E-state index contributed by atoms with van der Waals surface area (Å²) in [4.78, 5) is 24.9. The van der Waals surface area contributed by atoms with Gasteiger partial charge in [0.05, 0.1) is 17.9 Å². The number of nitrogens with one attached hydrogen (secondary N) is 2. The van der Waals surface area contributed by atoms with Crippen molar-refractivity contribution in [1.82, 2.24) is 10.6 Å². The van der Waals surface area contributed by atoms with Crippen molar-refractivity contribution in [1.29, 1.82) is 0 Å². The van der Waals surface area contributed by atoms with Crippen molar-refractivity contribution in [3.05, 3.63) is 29.8 Å². The Hall–Kier alpha value is -1.53. The maximum absolute atomic E-state index is 12.3. The van der Waals surface area contributed by atoms with E-state index in [0.717, 1.165) is 11.4 Å². The summed E-state index contributed by atoms with van der Waals surface area (Å²) in [6.07, 6.45) is 3.68. The van der Waals surface area contributed by atoms with Crippen molar-refractivity contribution in [3.8, 4) is 0 Å². The van der Waals surface area contributed by atoms with E-state index < -0.39 is 0 Å². The Morgan fingerprint density at radius 2 is 2.04 bits per heavy atom. The zero-order valence-electron chi connectivity index (χ0n) is 13.5. The van der Waals surface area contributed by atoms with Gasteiger partial charge in [-0.05, 0) is 30.9 Å². The van der Waals surface area contributed by atoms with Gasteiger partial charge in [0, 0.05) is 25.1 Å². The highest BCUT2D eigenvalue weighted by molar-refractivity contribution is 8.00. The quantitative estimate of drug-likeness (QED) is 0.535. The second-order valence-electron chi connectivity index (χ2n) is 5.63. The molecule has 0 saturated heterocycles. The Balaban J connectivity index is 1.83. The lowest BCUT2D eigenvalue weighted by Crippen LogP contribution is -2.32. The maximum atomic E-state index is 12.3. The Labute approximate surface area is 141 Å². The molecule has 0 unspecified atom stereocenters. The molecule has 2 N–H and O–H groups in total. The van der Waals surface area contributed by atoms with Crippen LogP contribution in [0.4, 0.5) is 0 Å². The van der Waals surface area contributed by atoms with Crippen LogP contribution in [0.15, 0.2) is 29.2 Å². The number of carbonyl (C=O) groups is 2. The predicted octanol–water partition coefficient (Wildman–Crippen LogP) is 2.07.